The van der Waals surface area contributed by atoms with Crippen molar-refractivity contribution in [2.75, 3.05) is 62.2 Å². The Morgan fingerprint density at radius 3 is 2.35 bits per heavy atom. The van der Waals surface area contributed by atoms with Gasteiger partial charge in [-0.05, 0) is 50.1 Å². The monoisotopic (exact) mass is 476 g/mol. The average molecular weight is 477 g/mol. The van der Waals surface area contributed by atoms with Crippen LogP contribution in [0.1, 0.15) is 24.8 Å². The lowest BCUT2D eigenvalue weighted by molar-refractivity contribution is -0.137. The Balaban J connectivity index is 1.12. The molecule has 0 atom stereocenters. The van der Waals surface area contributed by atoms with Crippen molar-refractivity contribution in [3.63, 3.8) is 0 Å². The fourth-order valence-corrected chi connectivity index (χ4v) is 4.56. The van der Waals surface area contributed by atoms with Gasteiger partial charge in [0.25, 0.3) is 0 Å². The van der Waals surface area contributed by atoms with Gasteiger partial charge >= 0.3 is 6.18 Å². The lowest BCUT2D eigenvalue weighted by Gasteiger charge is -2.36. The Kier molecular flexibility index (Phi) is 7.87. The van der Waals surface area contributed by atoms with Gasteiger partial charge in [-0.1, -0.05) is 6.07 Å². The zero-order valence-electron chi connectivity index (χ0n) is 19.2. The minimum Gasteiger partial charge on any atom is -0.369 e. The second-order valence-corrected chi connectivity index (χ2v) is 8.83. The zero-order chi connectivity index (χ0) is 24.0. The molecule has 1 N–H and O–H groups in total. The summed E-state index contributed by atoms with van der Waals surface area (Å²) in [6.45, 7) is 6.02. The van der Waals surface area contributed by atoms with E-state index in [0.29, 0.717) is 25.3 Å². The largest absolute Gasteiger partial charge is 0.416 e. The number of hydrogen-bond donors (Lipinski definition) is 1. The summed E-state index contributed by atoms with van der Waals surface area (Å²) in [6, 6.07) is 7.32. The zero-order valence-corrected chi connectivity index (χ0v) is 19.2. The number of nitrogens with zero attached hydrogens (tertiary/aromatic N) is 5. The quantitative estimate of drug-likeness (QED) is 0.620. The van der Waals surface area contributed by atoms with Crippen LogP contribution in [0, 0.1) is 5.92 Å². The van der Waals surface area contributed by atoms with Crippen LogP contribution < -0.4 is 15.1 Å². The molecule has 1 aromatic heterocycles. The van der Waals surface area contributed by atoms with Gasteiger partial charge < -0.3 is 15.1 Å². The Bertz CT molecular complexity index is 926. The van der Waals surface area contributed by atoms with Gasteiger partial charge in [0.15, 0.2) is 0 Å². The summed E-state index contributed by atoms with van der Waals surface area (Å²) in [5.74, 6) is 0.855. The minimum atomic E-state index is -4.32. The van der Waals surface area contributed by atoms with Crippen LogP contribution in [0.2, 0.25) is 0 Å². The maximum atomic E-state index is 13.0. The standard InChI is InChI=1S/C24H31F3N6O/c25-24(26,27)20-4-1-5-21(18-20)32-16-14-31(15-17-32)11-3-10-28-22(34)19-6-12-33(13-7-19)23-29-8-2-9-30-23/h1-2,4-5,8-9,18-19H,3,6-7,10-17H2,(H,28,34). The molecule has 4 rings (SSSR count). The van der Waals surface area contributed by atoms with E-state index >= 15 is 0 Å². The van der Waals surface area contributed by atoms with E-state index in [0.717, 1.165) is 64.0 Å². The van der Waals surface area contributed by atoms with E-state index < -0.39 is 11.7 Å². The molecular weight excluding hydrogens is 445 g/mol. The van der Waals surface area contributed by atoms with E-state index in [1.54, 1.807) is 24.5 Å². The number of anilines is 2. The summed E-state index contributed by atoms with van der Waals surface area (Å²) in [6.07, 6.45) is 1.57. The summed E-state index contributed by atoms with van der Waals surface area (Å²) in [5, 5.41) is 3.07. The molecule has 0 unspecified atom stereocenters. The predicted molar refractivity (Wildman–Crippen MR) is 125 cm³/mol. The number of piperidine rings is 1. The summed E-state index contributed by atoms with van der Waals surface area (Å²) < 4.78 is 38.9. The number of rotatable bonds is 7. The van der Waals surface area contributed by atoms with E-state index in [9.17, 15) is 18.0 Å². The summed E-state index contributed by atoms with van der Waals surface area (Å²) in [4.78, 5) is 27.5. The van der Waals surface area contributed by atoms with Crippen LogP contribution in [0.3, 0.4) is 0 Å². The predicted octanol–water partition coefficient (Wildman–Crippen LogP) is 3.04. The van der Waals surface area contributed by atoms with Gasteiger partial charge in [-0.2, -0.15) is 13.2 Å². The van der Waals surface area contributed by atoms with Crippen LogP contribution in [0.25, 0.3) is 0 Å². The molecule has 184 valence electrons. The van der Waals surface area contributed by atoms with Gasteiger partial charge in [0.05, 0.1) is 5.56 Å². The third-order valence-electron chi connectivity index (χ3n) is 6.56. The van der Waals surface area contributed by atoms with Crippen molar-refractivity contribution in [3.8, 4) is 0 Å². The molecule has 2 aliphatic rings. The van der Waals surface area contributed by atoms with Gasteiger partial charge in [0.2, 0.25) is 11.9 Å². The number of halogens is 3. The van der Waals surface area contributed by atoms with Crippen molar-refractivity contribution in [1.82, 2.24) is 20.2 Å². The topological polar surface area (TPSA) is 64.6 Å². The maximum Gasteiger partial charge on any atom is 0.416 e. The normalized spacial score (nSPS) is 18.2. The molecular formula is C24H31F3N6O. The summed E-state index contributed by atoms with van der Waals surface area (Å²) in [5.41, 5.74) is 0.00820. The van der Waals surface area contributed by atoms with Crippen molar-refractivity contribution in [2.24, 2.45) is 5.92 Å². The minimum absolute atomic E-state index is 0.0240. The van der Waals surface area contributed by atoms with Gasteiger partial charge in [-0.15, -0.1) is 0 Å². The van der Waals surface area contributed by atoms with Crippen LogP contribution in [-0.4, -0.2) is 73.1 Å². The van der Waals surface area contributed by atoms with Crippen molar-refractivity contribution >= 4 is 17.5 Å². The lowest BCUT2D eigenvalue weighted by atomic mass is 9.96. The Morgan fingerprint density at radius 2 is 1.68 bits per heavy atom. The van der Waals surface area contributed by atoms with Crippen molar-refractivity contribution < 1.29 is 18.0 Å². The molecule has 1 amide bonds. The number of nitrogens with one attached hydrogen (secondary N) is 1. The van der Waals surface area contributed by atoms with E-state index in [1.807, 2.05) is 4.90 Å². The van der Waals surface area contributed by atoms with E-state index in [4.69, 9.17) is 0 Å². The van der Waals surface area contributed by atoms with Crippen molar-refractivity contribution in [3.05, 3.63) is 48.3 Å². The van der Waals surface area contributed by atoms with E-state index in [1.165, 1.54) is 12.1 Å². The maximum absolute atomic E-state index is 13.0. The van der Waals surface area contributed by atoms with Crippen molar-refractivity contribution in [2.45, 2.75) is 25.4 Å². The summed E-state index contributed by atoms with van der Waals surface area (Å²) in [7, 11) is 0. The highest BCUT2D eigenvalue weighted by molar-refractivity contribution is 5.78. The first-order valence-corrected chi connectivity index (χ1v) is 11.8. The molecule has 2 aliphatic heterocycles. The fourth-order valence-electron chi connectivity index (χ4n) is 4.56. The number of benzene rings is 1. The average Bonchev–Trinajstić information content (AvgIpc) is 2.87. The first kappa shape index (κ1) is 24.3. The molecule has 7 nitrogen and oxygen atoms in total. The van der Waals surface area contributed by atoms with Crippen LogP contribution in [0.15, 0.2) is 42.7 Å². The number of carbonyl (C=O) groups excluding carboxylic acids is 1. The second kappa shape index (κ2) is 11.0. The van der Waals surface area contributed by atoms with Gasteiger partial charge in [0, 0.05) is 69.8 Å². The highest BCUT2D eigenvalue weighted by Gasteiger charge is 2.31. The Morgan fingerprint density at radius 1 is 0.971 bits per heavy atom. The molecule has 0 spiro atoms. The lowest BCUT2D eigenvalue weighted by Crippen LogP contribution is -2.47. The van der Waals surface area contributed by atoms with Crippen LogP contribution in [-0.2, 0) is 11.0 Å². The molecule has 2 saturated heterocycles. The van der Waals surface area contributed by atoms with Gasteiger partial charge in [0.1, 0.15) is 0 Å². The number of piperazine rings is 1. The Hall–Kier alpha value is -2.88. The van der Waals surface area contributed by atoms with Gasteiger partial charge in [-0.3, -0.25) is 9.69 Å². The van der Waals surface area contributed by atoms with Gasteiger partial charge in [-0.25, -0.2) is 9.97 Å². The number of alkyl halides is 3. The molecule has 10 heteroatoms. The number of hydrogen-bond acceptors (Lipinski definition) is 6. The van der Waals surface area contributed by atoms with Crippen LogP contribution in [0.5, 0.6) is 0 Å². The Labute approximate surface area is 198 Å². The van der Waals surface area contributed by atoms with Crippen molar-refractivity contribution in [1.29, 1.82) is 0 Å². The van der Waals surface area contributed by atoms with Crippen LogP contribution >= 0.6 is 0 Å². The third-order valence-corrected chi connectivity index (χ3v) is 6.56. The molecule has 0 aliphatic carbocycles. The fraction of sp³-hybridized carbons (Fsp3) is 0.542. The third kappa shape index (κ3) is 6.37. The highest BCUT2D eigenvalue weighted by atomic mass is 19.4. The molecule has 2 aromatic rings. The highest BCUT2D eigenvalue weighted by Crippen LogP contribution is 2.31. The number of aromatic nitrogens is 2. The molecule has 34 heavy (non-hydrogen) atoms. The molecule has 3 heterocycles. The van der Waals surface area contributed by atoms with E-state index in [2.05, 4.69) is 25.1 Å². The molecule has 0 saturated carbocycles. The van der Waals surface area contributed by atoms with Crippen LogP contribution in [0.4, 0.5) is 24.8 Å². The van der Waals surface area contributed by atoms with E-state index in [-0.39, 0.29) is 11.8 Å². The smallest absolute Gasteiger partial charge is 0.369 e. The first-order valence-electron chi connectivity index (χ1n) is 11.8. The second-order valence-electron chi connectivity index (χ2n) is 8.83. The molecule has 2 fully saturated rings. The molecule has 1 aromatic carbocycles. The number of carbonyl (C=O) groups is 1. The summed E-state index contributed by atoms with van der Waals surface area (Å²) >= 11 is 0. The first-order chi connectivity index (χ1) is 16.4. The molecule has 0 radical (unpaired) electrons. The SMILES string of the molecule is O=C(NCCCN1CCN(c2cccc(C(F)(F)F)c2)CC1)C1CCN(c2ncccn2)CC1. The number of amides is 1. The molecule has 0 bridgehead atoms.